The van der Waals surface area contributed by atoms with Crippen molar-refractivity contribution in [2.75, 3.05) is 19.4 Å². The molecule has 0 aliphatic carbocycles. The van der Waals surface area contributed by atoms with Crippen molar-refractivity contribution >= 4 is 5.69 Å². The third-order valence-electron chi connectivity index (χ3n) is 2.54. The quantitative estimate of drug-likeness (QED) is 0.872. The molecule has 1 N–H and O–H groups in total. The van der Waals surface area contributed by atoms with E-state index in [-0.39, 0.29) is 0 Å². The molecule has 0 unspecified atom stereocenters. The van der Waals surface area contributed by atoms with Crippen LogP contribution in [0, 0.1) is 0 Å². The molecule has 4 heteroatoms. The molecule has 0 saturated heterocycles. The third kappa shape index (κ3) is 3.82. The fourth-order valence-electron chi connectivity index (χ4n) is 1.71. The van der Waals surface area contributed by atoms with Crippen molar-refractivity contribution in [3.8, 4) is 0 Å². The van der Waals surface area contributed by atoms with Crippen LogP contribution in [-0.4, -0.2) is 29.0 Å². The number of hydrogen-bond acceptors (Lipinski definition) is 4. The first-order chi connectivity index (χ1) is 8.74. The van der Waals surface area contributed by atoms with Crippen LogP contribution < -0.4 is 5.32 Å². The fraction of sp³-hybridized carbons (Fsp3) is 0.286. The van der Waals surface area contributed by atoms with Crippen LogP contribution in [0.25, 0.3) is 0 Å². The molecular formula is C14H18N4. The highest BCUT2D eigenvalue weighted by Gasteiger charge is 1.97. The van der Waals surface area contributed by atoms with Crippen LogP contribution in [0.1, 0.15) is 11.3 Å². The second-order valence-corrected chi connectivity index (χ2v) is 4.49. The number of benzene rings is 1. The van der Waals surface area contributed by atoms with Crippen molar-refractivity contribution in [3.05, 3.63) is 54.1 Å². The number of nitrogens with zero attached hydrogens (tertiary/aromatic N) is 3. The SMILES string of the molecule is CN(C)Cc1ccc(NCc2cnccn2)cc1. The number of hydrogen-bond donors (Lipinski definition) is 1. The van der Waals surface area contributed by atoms with E-state index < -0.39 is 0 Å². The minimum absolute atomic E-state index is 0.695. The Bertz CT molecular complexity index is 465. The first-order valence-corrected chi connectivity index (χ1v) is 5.96. The van der Waals surface area contributed by atoms with Gasteiger partial charge in [0.1, 0.15) is 0 Å². The van der Waals surface area contributed by atoms with E-state index in [1.54, 1.807) is 18.6 Å². The van der Waals surface area contributed by atoms with Gasteiger partial charge in [-0.1, -0.05) is 12.1 Å². The van der Waals surface area contributed by atoms with Gasteiger partial charge in [-0.05, 0) is 31.8 Å². The van der Waals surface area contributed by atoms with Crippen molar-refractivity contribution < 1.29 is 0 Å². The molecule has 0 amide bonds. The molecule has 0 saturated carbocycles. The summed E-state index contributed by atoms with van der Waals surface area (Å²) in [6.45, 7) is 1.66. The summed E-state index contributed by atoms with van der Waals surface area (Å²) in [7, 11) is 4.14. The van der Waals surface area contributed by atoms with E-state index in [0.29, 0.717) is 6.54 Å². The first kappa shape index (κ1) is 12.5. The molecule has 2 aromatic rings. The predicted molar refractivity (Wildman–Crippen MR) is 73.2 cm³/mol. The van der Waals surface area contributed by atoms with Gasteiger partial charge in [0.05, 0.1) is 18.4 Å². The highest BCUT2D eigenvalue weighted by molar-refractivity contribution is 5.44. The Morgan fingerprint density at radius 3 is 2.50 bits per heavy atom. The summed E-state index contributed by atoms with van der Waals surface area (Å²) in [5, 5.41) is 3.33. The molecule has 0 spiro atoms. The molecule has 0 radical (unpaired) electrons. The van der Waals surface area contributed by atoms with Crippen LogP contribution >= 0.6 is 0 Å². The van der Waals surface area contributed by atoms with Crippen molar-refractivity contribution in [2.45, 2.75) is 13.1 Å². The molecule has 18 heavy (non-hydrogen) atoms. The van der Waals surface area contributed by atoms with Crippen LogP contribution in [0.5, 0.6) is 0 Å². The number of rotatable bonds is 5. The van der Waals surface area contributed by atoms with Gasteiger partial charge < -0.3 is 10.2 Å². The predicted octanol–water partition coefficient (Wildman–Crippen LogP) is 2.15. The maximum absolute atomic E-state index is 4.22. The largest absolute Gasteiger partial charge is 0.379 e. The Morgan fingerprint density at radius 1 is 1.11 bits per heavy atom. The van der Waals surface area contributed by atoms with Crippen molar-refractivity contribution in [1.82, 2.24) is 14.9 Å². The highest BCUT2D eigenvalue weighted by atomic mass is 15.0. The molecule has 0 fully saturated rings. The molecular weight excluding hydrogens is 224 g/mol. The van der Waals surface area contributed by atoms with Crippen molar-refractivity contribution in [1.29, 1.82) is 0 Å². The average Bonchev–Trinajstić information content (AvgIpc) is 2.38. The van der Waals surface area contributed by atoms with Gasteiger partial charge in [0.2, 0.25) is 0 Å². The lowest BCUT2D eigenvalue weighted by atomic mass is 10.2. The van der Waals surface area contributed by atoms with E-state index in [1.807, 2.05) is 0 Å². The highest BCUT2D eigenvalue weighted by Crippen LogP contribution is 2.11. The zero-order valence-corrected chi connectivity index (χ0v) is 10.8. The molecule has 94 valence electrons. The summed E-state index contributed by atoms with van der Waals surface area (Å²) < 4.78 is 0. The third-order valence-corrected chi connectivity index (χ3v) is 2.54. The lowest BCUT2D eigenvalue weighted by molar-refractivity contribution is 0.402. The summed E-state index contributed by atoms with van der Waals surface area (Å²) in [5.41, 5.74) is 3.35. The number of aromatic nitrogens is 2. The zero-order valence-electron chi connectivity index (χ0n) is 10.8. The topological polar surface area (TPSA) is 41.0 Å². The molecule has 1 aromatic carbocycles. The summed E-state index contributed by atoms with van der Waals surface area (Å²) in [6, 6.07) is 8.46. The van der Waals surface area contributed by atoms with E-state index in [1.165, 1.54) is 5.56 Å². The van der Waals surface area contributed by atoms with Gasteiger partial charge in [0.15, 0.2) is 0 Å². The summed E-state index contributed by atoms with van der Waals surface area (Å²) in [4.78, 5) is 10.4. The van der Waals surface area contributed by atoms with Gasteiger partial charge >= 0.3 is 0 Å². The van der Waals surface area contributed by atoms with E-state index in [9.17, 15) is 0 Å². The average molecular weight is 242 g/mol. The van der Waals surface area contributed by atoms with Gasteiger partial charge in [0, 0.05) is 24.6 Å². The standard InChI is InChI=1S/C14H18N4/c1-18(2)11-12-3-5-13(6-4-12)17-10-14-9-15-7-8-16-14/h3-9,17H,10-11H2,1-2H3. The van der Waals surface area contributed by atoms with Crippen molar-refractivity contribution in [2.24, 2.45) is 0 Å². The fourth-order valence-corrected chi connectivity index (χ4v) is 1.71. The Kier molecular flexibility index (Phi) is 4.25. The molecule has 2 rings (SSSR count). The second kappa shape index (κ2) is 6.12. The summed E-state index contributed by atoms with van der Waals surface area (Å²) >= 11 is 0. The molecule has 0 aliphatic rings. The molecule has 0 atom stereocenters. The molecule has 1 heterocycles. The zero-order chi connectivity index (χ0) is 12.8. The van der Waals surface area contributed by atoms with Crippen LogP contribution in [0.3, 0.4) is 0 Å². The molecule has 0 bridgehead atoms. The Balaban J connectivity index is 1.90. The van der Waals surface area contributed by atoms with Crippen LogP contribution in [0.15, 0.2) is 42.9 Å². The van der Waals surface area contributed by atoms with Gasteiger partial charge in [-0.2, -0.15) is 0 Å². The van der Waals surface area contributed by atoms with E-state index in [2.05, 4.69) is 58.5 Å². The Morgan fingerprint density at radius 2 is 1.89 bits per heavy atom. The summed E-state index contributed by atoms with van der Waals surface area (Å²) in [6.07, 6.45) is 5.16. The second-order valence-electron chi connectivity index (χ2n) is 4.49. The van der Waals surface area contributed by atoms with E-state index in [0.717, 1.165) is 17.9 Å². The lowest BCUT2D eigenvalue weighted by Gasteiger charge is -2.10. The minimum Gasteiger partial charge on any atom is -0.379 e. The Labute approximate surface area is 108 Å². The van der Waals surface area contributed by atoms with E-state index >= 15 is 0 Å². The maximum Gasteiger partial charge on any atom is 0.0777 e. The first-order valence-electron chi connectivity index (χ1n) is 5.96. The summed E-state index contributed by atoms with van der Waals surface area (Å²) in [5.74, 6) is 0. The van der Waals surface area contributed by atoms with Crippen molar-refractivity contribution in [3.63, 3.8) is 0 Å². The van der Waals surface area contributed by atoms with Gasteiger partial charge in [-0.15, -0.1) is 0 Å². The van der Waals surface area contributed by atoms with Crippen LogP contribution in [0.4, 0.5) is 5.69 Å². The van der Waals surface area contributed by atoms with Gasteiger partial charge in [0.25, 0.3) is 0 Å². The van der Waals surface area contributed by atoms with Gasteiger partial charge in [-0.3, -0.25) is 9.97 Å². The lowest BCUT2D eigenvalue weighted by Crippen LogP contribution is -2.10. The van der Waals surface area contributed by atoms with E-state index in [4.69, 9.17) is 0 Å². The Hall–Kier alpha value is -1.94. The van der Waals surface area contributed by atoms with Crippen LogP contribution in [-0.2, 0) is 13.1 Å². The molecule has 1 aromatic heterocycles. The smallest absolute Gasteiger partial charge is 0.0777 e. The number of nitrogens with one attached hydrogen (secondary N) is 1. The van der Waals surface area contributed by atoms with Crippen LogP contribution in [0.2, 0.25) is 0 Å². The minimum atomic E-state index is 0.695. The molecule has 0 aliphatic heterocycles. The monoisotopic (exact) mass is 242 g/mol. The number of anilines is 1. The maximum atomic E-state index is 4.22. The normalized spacial score (nSPS) is 10.6. The molecule has 4 nitrogen and oxygen atoms in total. The van der Waals surface area contributed by atoms with Gasteiger partial charge in [-0.25, -0.2) is 0 Å².